The van der Waals surface area contributed by atoms with Gasteiger partial charge in [-0.15, -0.1) is 11.8 Å². The lowest BCUT2D eigenvalue weighted by Crippen LogP contribution is -2.70. The monoisotopic (exact) mass is 322 g/mol. The molecule has 116 valence electrons. The van der Waals surface area contributed by atoms with E-state index in [2.05, 4.69) is 10.4 Å². The number of carbonyl (C=O) groups is 3. The van der Waals surface area contributed by atoms with Crippen molar-refractivity contribution in [2.75, 3.05) is 5.75 Å². The van der Waals surface area contributed by atoms with Gasteiger partial charge in [-0.25, -0.2) is 4.79 Å². The Hall–Kier alpha value is -2.29. The van der Waals surface area contributed by atoms with Gasteiger partial charge >= 0.3 is 5.97 Å². The summed E-state index contributed by atoms with van der Waals surface area (Å²) in [6, 6.07) is -0.708. The van der Waals surface area contributed by atoms with Gasteiger partial charge in [-0.1, -0.05) is 0 Å². The molecule has 2 aliphatic heterocycles. The molecule has 1 aromatic rings. The summed E-state index contributed by atoms with van der Waals surface area (Å²) in [6.07, 6.45) is 2.97. The Bertz CT molecular complexity index is 711. The van der Waals surface area contributed by atoms with Gasteiger partial charge < -0.3 is 10.4 Å². The van der Waals surface area contributed by atoms with Crippen LogP contribution in [0.3, 0.4) is 0 Å². The molecular weight excluding hydrogens is 308 g/mol. The van der Waals surface area contributed by atoms with E-state index in [0.717, 1.165) is 0 Å². The third-order valence-corrected chi connectivity index (χ3v) is 5.04. The third kappa shape index (κ3) is 2.17. The van der Waals surface area contributed by atoms with E-state index in [-0.39, 0.29) is 11.1 Å². The maximum Gasteiger partial charge on any atom is 0.352 e. The number of hydrogen-bond acceptors (Lipinski definition) is 5. The summed E-state index contributed by atoms with van der Waals surface area (Å²) in [5.74, 6) is -1.38. The Balaban J connectivity index is 1.76. The fourth-order valence-electron chi connectivity index (χ4n) is 2.54. The number of carboxylic acids is 1. The largest absolute Gasteiger partial charge is 0.477 e. The van der Waals surface area contributed by atoms with Crippen LogP contribution >= 0.6 is 11.8 Å². The minimum absolute atomic E-state index is 0.0284. The Labute approximate surface area is 130 Å². The lowest BCUT2D eigenvalue weighted by atomic mass is 10.0. The van der Waals surface area contributed by atoms with Crippen molar-refractivity contribution in [1.29, 1.82) is 0 Å². The van der Waals surface area contributed by atoms with Crippen LogP contribution in [0.1, 0.15) is 17.3 Å². The molecule has 0 bridgehead atoms. The maximum absolute atomic E-state index is 12.2. The van der Waals surface area contributed by atoms with Gasteiger partial charge in [-0.2, -0.15) is 5.10 Å². The first-order valence-electron chi connectivity index (χ1n) is 6.57. The second kappa shape index (κ2) is 5.16. The average molecular weight is 322 g/mol. The number of aryl methyl sites for hydroxylation is 1. The van der Waals surface area contributed by atoms with E-state index in [1.165, 1.54) is 27.5 Å². The topological polar surface area (TPSA) is 105 Å². The number of β-lactam (4-membered cyclic amide) rings is 1. The highest BCUT2D eigenvalue weighted by Crippen LogP contribution is 2.40. The number of nitrogens with zero attached hydrogens (tertiary/aromatic N) is 3. The SMILES string of the molecule is CC1=C(C(=O)O)N2C(=O)C(NC(=O)c3cnn(C)c3)C2SC1. The molecule has 0 spiro atoms. The van der Waals surface area contributed by atoms with E-state index < -0.39 is 23.8 Å². The number of aliphatic carboxylic acids is 1. The molecule has 9 heteroatoms. The number of aromatic nitrogens is 2. The zero-order valence-corrected chi connectivity index (χ0v) is 12.8. The predicted molar refractivity (Wildman–Crippen MR) is 77.9 cm³/mol. The molecule has 2 aliphatic rings. The van der Waals surface area contributed by atoms with Crippen LogP contribution in [0, 0.1) is 0 Å². The second-order valence-electron chi connectivity index (χ2n) is 5.20. The Kier molecular flexibility index (Phi) is 3.44. The number of carboxylic acid groups (broad SMARTS) is 1. The summed E-state index contributed by atoms with van der Waals surface area (Å²) in [4.78, 5) is 36.8. The number of amides is 2. The number of hydrogen-bond donors (Lipinski definition) is 2. The van der Waals surface area contributed by atoms with Gasteiger partial charge in [0.05, 0.1) is 11.8 Å². The van der Waals surface area contributed by atoms with Crippen molar-refractivity contribution >= 4 is 29.5 Å². The van der Waals surface area contributed by atoms with Crippen LogP contribution in [0.5, 0.6) is 0 Å². The Morgan fingerprint density at radius 1 is 1.50 bits per heavy atom. The van der Waals surface area contributed by atoms with E-state index in [1.807, 2.05) is 0 Å². The zero-order chi connectivity index (χ0) is 16.0. The molecule has 2 atom stereocenters. The maximum atomic E-state index is 12.2. The predicted octanol–water partition coefficient (Wildman–Crippen LogP) is -0.208. The summed E-state index contributed by atoms with van der Waals surface area (Å²) >= 11 is 1.44. The third-order valence-electron chi connectivity index (χ3n) is 3.62. The van der Waals surface area contributed by atoms with Gasteiger partial charge in [0.2, 0.25) is 0 Å². The smallest absolute Gasteiger partial charge is 0.352 e. The minimum atomic E-state index is -1.12. The van der Waals surface area contributed by atoms with Crippen LogP contribution in [0.15, 0.2) is 23.7 Å². The van der Waals surface area contributed by atoms with E-state index >= 15 is 0 Å². The number of fused-ring (bicyclic) bond motifs is 1. The van der Waals surface area contributed by atoms with Crippen molar-refractivity contribution in [2.24, 2.45) is 7.05 Å². The van der Waals surface area contributed by atoms with E-state index in [9.17, 15) is 19.5 Å². The van der Waals surface area contributed by atoms with Gasteiger partial charge in [-0.05, 0) is 12.5 Å². The molecule has 0 saturated carbocycles. The van der Waals surface area contributed by atoms with Gasteiger partial charge in [0.25, 0.3) is 11.8 Å². The van der Waals surface area contributed by atoms with Crippen LogP contribution < -0.4 is 5.32 Å². The molecule has 1 fully saturated rings. The normalized spacial score (nSPS) is 23.9. The zero-order valence-electron chi connectivity index (χ0n) is 11.9. The fourth-order valence-corrected chi connectivity index (χ4v) is 3.83. The molecule has 3 rings (SSSR count). The summed E-state index contributed by atoms with van der Waals surface area (Å²) < 4.78 is 1.49. The van der Waals surface area contributed by atoms with Crippen molar-refractivity contribution in [3.8, 4) is 0 Å². The van der Waals surface area contributed by atoms with Crippen molar-refractivity contribution in [1.82, 2.24) is 20.0 Å². The van der Waals surface area contributed by atoms with Crippen LogP contribution in [0.2, 0.25) is 0 Å². The van der Waals surface area contributed by atoms with Crippen molar-refractivity contribution in [2.45, 2.75) is 18.3 Å². The number of nitrogens with one attached hydrogen (secondary N) is 1. The minimum Gasteiger partial charge on any atom is -0.477 e. The summed E-state index contributed by atoms with van der Waals surface area (Å²) in [7, 11) is 1.69. The molecule has 22 heavy (non-hydrogen) atoms. The molecule has 2 N–H and O–H groups in total. The van der Waals surface area contributed by atoms with Gasteiger partial charge in [0, 0.05) is 19.0 Å². The Morgan fingerprint density at radius 3 is 2.82 bits per heavy atom. The van der Waals surface area contributed by atoms with Crippen molar-refractivity contribution < 1.29 is 19.5 Å². The molecule has 0 radical (unpaired) electrons. The van der Waals surface area contributed by atoms with Crippen molar-refractivity contribution in [3.05, 3.63) is 29.2 Å². The quantitative estimate of drug-likeness (QED) is 0.746. The lowest BCUT2D eigenvalue weighted by Gasteiger charge is -2.49. The first-order valence-corrected chi connectivity index (χ1v) is 7.62. The molecule has 1 saturated heterocycles. The van der Waals surface area contributed by atoms with Crippen LogP contribution in [-0.2, 0) is 16.6 Å². The highest BCUT2D eigenvalue weighted by Gasteiger charge is 2.53. The standard InChI is InChI=1S/C13H14N4O4S/c1-6-5-22-12-8(11(19)17(12)9(6)13(20)21)15-10(18)7-3-14-16(2)4-7/h3-4,8,12H,5H2,1-2H3,(H,15,18)(H,20,21). The molecule has 1 aromatic heterocycles. The first-order chi connectivity index (χ1) is 10.4. The Morgan fingerprint density at radius 2 is 2.23 bits per heavy atom. The molecule has 8 nitrogen and oxygen atoms in total. The van der Waals surface area contributed by atoms with Crippen LogP contribution in [0.4, 0.5) is 0 Å². The number of thioether (sulfide) groups is 1. The van der Waals surface area contributed by atoms with Gasteiger partial charge in [-0.3, -0.25) is 19.2 Å². The summed E-state index contributed by atoms with van der Waals surface area (Å²) in [5, 5.41) is 15.4. The molecular formula is C13H14N4O4S. The van der Waals surface area contributed by atoms with Gasteiger partial charge in [0.1, 0.15) is 17.1 Å². The fraction of sp³-hybridized carbons (Fsp3) is 0.385. The lowest BCUT2D eigenvalue weighted by molar-refractivity contribution is -0.148. The van der Waals surface area contributed by atoms with Crippen molar-refractivity contribution in [3.63, 3.8) is 0 Å². The first kappa shape index (κ1) is 14.6. The molecule has 3 heterocycles. The average Bonchev–Trinajstić information content (AvgIpc) is 2.90. The second-order valence-corrected chi connectivity index (χ2v) is 6.30. The number of rotatable bonds is 3. The summed E-state index contributed by atoms with van der Waals surface area (Å²) in [5.41, 5.74) is 1.04. The summed E-state index contributed by atoms with van der Waals surface area (Å²) in [6.45, 7) is 1.70. The highest BCUT2D eigenvalue weighted by molar-refractivity contribution is 8.00. The molecule has 0 aliphatic carbocycles. The molecule has 2 amide bonds. The number of carbonyl (C=O) groups excluding carboxylic acids is 2. The van der Waals surface area contributed by atoms with Gasteiger partial charge in [0.15, 0.2) is 0 Å². The van der Waals surface area contributed by atoms with E-state index in [4.69, 9.17) is 0 Å². The highest BCUT2D eigenvalue weighted by atomic mass is 32.2. The van der Waals surface area contributed by atoms with Crippen LogP contribution in [-0.4, -0.2) is 54.7 Å². The van der Waals surface area contributed by atoms with E-state index in [0.29, 0.717) is 16.9 Å². The van der Waals surface area contributed by atoms with E-state index in [1.54, 1.807) is 20.2 Å². The van der Waals surface area contributed by atoms with Crippen LogP contribution in [0.25, 0.3) is 0 Å². The molecule has 2 unspecified atom stereocenters. The molecule has 0 aromatic carbocycles.